The van der Waals surface area contributed by atoms with Crippen molar-refractivity contribution in [1.82, 2.24) is 14.3 Å². The minimum Gasteiger partial charge on any atom is -0.351 e. The first-order valence-electron chi connectivity index (χ1n) is 6.91. The van der Waals surface area contributed by atoms with Crippen molar-refractivity contribution in [2.75, 3.05) is 5.32 Å². The molecule has 22 heavy (non-hydrogen) atoms. The van der Waals surface area contributed by atoms with Crippen LogP contribution in [0.15, 0.2) is 5.38 Å². The molecule has 0 amide bonds. The van der Waals surface area contributed by atoms with Crippen molar-refractivity contribution in [3.05, 3.63) is 21.9 Å². The van der Waals surface area contributed by atoms with Gasteiger partial charge in [-0.1, -0.05) is 20.8 Å². The normalized spacial score (nSPS) is 13.6. The summed E-state index contributed by atoms with van der Waals surface area (Å²) in [5.41, 5.74) is -0.842. The van der Waals surface area contributed by atoms with Gasteiger partial charge < -0.3 is 5.32 Å². The van der Waals surface area contributed by atoms with Crippen LogP contribution in [0.4, 0.5) is 18.3 Å². The average Bonchev–Trinajstić information content (AvgIpc) is 3.03. The standard InChI is InChI=1S/C13H17F3N4S2/c1-4-8(11-18-9(6-21-11)13(14,15)16)17-12-19-10(20-22-12)5-7(2)3/h6-8H,4-5H2,1-3H3,(H,17,19,20). The van der Waals surface area contributed by atoms with Gasteiger partial charge in [0.05, 0.1) is 6.04 Å². The van der Waals surface area contributed by atoms with Gasteiger partial charge in [-0.15, -0.1) is 11.3 Å². The van der Waals surface area contributed by atoms with Crippen molar-refractivity contribution < 1.29 is 13.2 Å². The Balaban J connectivity index is 2.09. The van der Waals surface area contributed by atoms with Crippen molar-refractivity contribution in [2.24, 2.45) is 5.92 Å². The molecule has 0 spiro atoms. The molecule has 4 nitrogen and oxygen atoms in total. The highest BCUT2D eigenvalue weighted by molar-refractivity contribution is 7.10. The fourth-order valence-electron chi connectivity index (χ4n) is 1.83. The number of rotatable bonds is 6. The zero-order chi connectivity index (χ0) is 16.3. The number of aromatic nitrogens is 3. The van der Waals surface area contributed by atoms with Gasteiger partial charge in [-0.25, -0.2) is 9.97 Å². The fraction of sp³-hybridized carbons (Fsp3) is 0.615. The van der Waals surface area contributed by atoms with E-state index in [0.717, 1.165) is 29.0 Å². The first-order valence-corrected chi connectivity index (χ1v) is 8.56. The number of halogens is 3. The van der Waals surface area contributed by atoms with E-state index in [9.17, 15) is 13.2 Å². The van der Waals surface area contributed by atoms with Crippen molar-refractivity contribution in [1.29, 1.82) is 0 Å². The van der Waals surface area contributed by atoms with Crippen molar-refractivity contribution >= 4 is 28.0 Å². The monoisotopic (exact) mass is 350 g/mol. The second-order valence-electron chi connectivity index (χ2n) is 5.29. The Kier molecular flexibility index (Phi) is 5.38. The van der Waals surface area contributed by atoms with Crippen LogP contribution in [0.25, 0.3) is 0 Å². The molecule has 2 heterocycles. The molecule has 1 N–H and O–H groups in total. The Morgan fingerprint density at radius 1 is 1.27 bits per heavy atom. The van der Waals surface area contributed by atoms with Crippen molar-refractivity contribution in [3.8, 4) is 0 Å². The van der Waals surface area contributed by atoms with Crippen molar-refractivity contribution in [3.63, 3.8) is 0 Å². The lowest BCUT2D eigenvalue weighted by Crippen LogP contribution is -2.11. The smallest absolute Gasteiger partial charge is 0.351 e. The van der Waals surface area contributed by atoms with E-state index < -0.39 is 11.9 Å². The topological polar surface area (TPSA) is 50.7 Å². The van der Waals surface area contributed by atoms with E-state index >= 15 is 0 Å². The van der Waals surface area contributed by atoms with E-state index in [-0.39, 0.29) is 6.04 Å². The molecule has 1 unspecified atom stereocenters. The largest absolute Gasteiger partial charge is 0.434 e. The first kappa shape index (κ1) is 17.1. The summed E-state index contributed by atoms with van der Waals surface area (Å²) in [5, 5.41) is 5.20. The van der Waals surface area contributed by atoms with Crippen LogP contribution < -0.4 is 5.32 Å². The second-order valence-corrected chi connectivity index (χ2v) is 6.93. The first-order chi connectivity index (χ1) is 10.3. The Hall–Kier alpha value is -1.22. The van der Waals surface area contributed by atoms with Gasteiger partial charge in [-0.3, -0.25) is 0 Å². The molecule has 0 aliphatic heterocycles. The van der Waals surface area contributed by atoms with Crippen molar-refractivity contribution in [2.45, 2.75) is 45.8 Å². The van der Waals surface area contributed by atoms with Gasteiger partial charge in [0.15, 0.2) is 5.69 Å². The summed E-state index contributed by atoms with van der Waals surface area (Å²) < 4.78 is 42.1. The SMILES string of the molecule is CCC(Nc1nc(CC(C)C)ns1)c1nc(C(F)(F)F)cs1. The molecule has 0 aromatic carbocycles. The van der Waals surface area contributed by atoms with Crippen LogP contribution in [-0.4, -0.2) is 14.3 Å². The Bertz CT molecular complexity index is 606. The maximum absolute atomic E-state index is 12.6. The number of hydrogen-bond donors (Lipinski definition) is 1. The Morgan fingerprint density at radius 3 is 2.55 bits per heavy atom. The maximum Gasteiger partial charge on any atom is 0.434 e. The third kappa shape index (κ3) is 4.39. The maximum atomic E-state index is 12.6. The van der Waals surface area contributed by atoms with Crippen LogP contribution in [0, 0.1) is 5.92 Å². The minimum atomic E-state index is -4.40. The molecule has 1 atom stereocenters. The molecule has 2 rings (SSSR count). The van der Waals surface area contributed by atoms with E-state index in [1.165, 1.54) is 11.5 Å². The number of anilines is 1. The van der Waals surface area contributed by atoms with Crippen LogP contribution >= 0.6 is 22.9 Å². The van der Waals surface area contributed by atoms with Gasteiger partial charge >= 0.3 is 6.18 Å². The van der Waals surface area contributed by atoms with E-state index in [4.69, 9.17) is 0 Å². The lowest BCUT2D eigenvalue weighted by Gasteiger charge is -2.12. The molecular weight excluding hydrogens is 333 g/mol. The van der Waals surface area contributed by atoms with E-state index in [2.05, 4.69) is 33.5 Å². The summed E-state index contributed by atoms with van der Waals surface area (Å²) >= 11 is 2.23. The predicted octanol–water partition coefficient (Wildman–Crippen LogP) is 4.78. The minimum absolute atomic E-state index is 0.291. The number of alkyl halides is 3. The summed E-state index contributed by atoms with van der Waals surface area (Å²) in [4.78, 5) is 8.06. The lowest BCUT2D eigenvalue weighted by atomic mass is 10.1. The highest BCUT2D eigenvalue weighted by Gasteiger charge is 2.34. The van der Waals surface area contributed by atoms with Gasteiger partial charge in [-0.2, -0.15) is 17.5 Å². The number of nitrogens with zero attached hydrogens (tertiary/aromatic N) is 3. The number of hydrogen-bond acceptors (Lipinski definition) is 6. The van der Waals surface area contributed by atoms with Gasteiger partial charge in [0, 0.05) is 23.3 Å². The number of nitrogens with one attached hydrogen (secondary N) is 1. The van der Waals surface area contributed by atoms with Crippen LogP contribution in [0.3, 0.4) is 0 Å². The third-order valence-corrected chi connectivity index (χ3v) is 4.52. The fourth-order valence-corrected chi connectivity index (χ4v) is 3.43. The summed E-state index contributed by atoms with van der Waals surface area (Å²) in [6.07, 6.45) is -3.01. The molecular formula is C13H17F3N4S2. The third-order valence-electron chi connectivity index (χ3n) is 2.88. The predicted molar refractivity (Wildman–Crippen MR) is 82.2 cm³/mol. The van der Waals surface area contributed by atoms with Gasteiger partial charge in [-0.05, 0) is 12.3 Å². The highest BCUT2D eigenvalue weighted by Crippen LogP contribution is 2.33. The zero-order valence-corrected chi connectivity index (χ0v) is 14.1. The Labute approximate surface area is 135 Å². The summed E-state index contributed by atoms with van der Waals surface area (Å²) in [6.45, 7) is 6.05. The van der Waals surface area contributed by atoms with Crippen LogP contribution in [-0.2, 0) is 12.6 Å². The molecule has 9 heteroatoms. The average molecular weight is 350 g/mol. The van der Waals surface area contributed by atoms with E-state index in [1.54, 1.807) is 0 Å². The lowest BCUT2D eigenvalue weighted by molar-refractivity contribution is -0.140. The summed E-state index contributed by atoms with van der Waals surface area (Å²) in [5.74, 6) is 1.21. The molecule has 0 bridgehead atoms. The second kappa shape index (κ2) is 6.91. The molecule has 0 aliphatic carbocycles. The molecule has 0 radical (unpaired) electrons. The van der Waals surface area contributed by atoms with E-state index in [0.29, 0.717) is 22.5 Å². The molecule has 0 fully saturated rings. The molecule has 0 saturated carbocycles. The van der Waals surface area contributed by atoms with Gasteiger partial charge in [0.1, 0.15) is 10.8 Å². The molecule has 0 saturated heterocycles. The Morgan fingerprint density at radius 2 is 2.00 bits per heavy atom. The van der Waals surface area contributed by atoms with Gasteiger partial charge in [0.2, 0.25) is 5.13 Å². The molecule has 2 aromatic heterocycles. The highest BCUT2D eigenvalue weighted by atomic mass is 32.1. The summed E-state index contributed by atoms with van der Waals surface area (Å²) in [6, 6.07) is -0.291. The quantitative estimate of drug-likeness (QED) is 0.815. The molecule has 122 valence electrons. The number of thiazole rings is 1. The zero-order valence-electron chi connectivity index (χ0n) is 12.4. The van der Waals surface area contributed by atoms with Gasteiger partial charge in [0.25, 0.3) is 0 Å². The van der Waals surface area contributed by atoms with Crippen LogP contribution in [0.2, 0.25) is 0 Å². The molecule has 2 aromatic rings. The van der Waals surface area contributed by atoms with Crippen LogP contribution in [0.1, 0.15) is 49.8 Å². The summed E-state index contributed by atoms with van der Waals surface area (Å²) in [7, 11) is 0. The van der Waals surface area contributed by atoms with E-state index in [1.807, 2.05) is 6.92 Å². The molecule has 0 aliphatic rings. The van der Waals surface area contributed by atoms with Crippen LogP contribution in [0.5, 0.6) is 0 Å².